The summed E-state index contributed by atoms with van der Waals surface area (Å²) in [7, 11) is 0. The van der Waals surface area contributed by atoms with Crippen LogP contribution in [0.25, 0.3) is 0 Å². The van der Waals surface area contributed by atoms with Gasteiger partial charge in [0, 0.05) is 7.14 Å². The predicted octanol–water partition coefficient (Wildman–Crippen LogP) is 3.48. The van der Waals surface area contributed by atoms with Crippen molar-refractivity contribution in [2.45, 2.75) is 13.8 Å². The number of benzene rings is 1. The summed E-state index contributed by atoms with van der Waals surface area (Å²) in [6, 6.07) is 4.48. The molecular weight excluding hydrogens is 362 g/mol. The molecule has 1 rings (SSSR count). The van der Waals surface area contributed by atoms with Gasteiger partial charge in [-0.15, -0.1) is 0 Å². The molecule has 0 amide bonds. The second-order valence-electron chi connectivity index (χ2n) is 2.49. The number of hydrogen-bond acceptors (Lipinski definition) is 0. The maximum atomic E-state index is 4.01. The van der Waals surface area contributed by atoms with Crippen molar-refractivity contribution in [2.75, 3.05) is 0 Å². The van der Waals surface area contributed by atoms with Gasteiger partial charge >= 0.3 is 0 Å². The van der Waals surface area contributed by atoms with Gasteiger partial charge in [0.1, 0.15) is 0 Å². The normalized spacial score (nSPS) is 10.1. The van der Waals surface area contributed by atoms with Crippen molar-refractivity contribution < 1.29 is 0 Å². The van der Waals surface area contributed by atoms with E-state index in [0.717, 1.165) is 0 Å². The van der Waals surface area contributed by atoms with Gasteiger partial charge in [0.15, 0.2) is 0 Å². The zero-order valence-corrected chi connectivity index (χ0v) is 10.9. The number of rotatable bonds is 1. The van der Waals surface area contributed by atoms with Crippen LogP contribution in [0.2, 0.25) is 0 Å². The fourth-order valence-electron chi connectivity index (χ4n) is 0.911. The monoisotopic (exact) mass is 372 g/mol. The number of halogens is 2. The van der Waals surface area contributed by atoms with Gasteiger partial charge in [-0.25, -0.2) is 0 Å². The summed E-state index contributed by atoms with van der Waals surface area (Å²) in [5.74, 6) is 0. The standard InChI is InChI=1S/C9H10I2/c1-6-4-8(10)7(2)9(5-6)11-3/h4-5H,3H2,1-2H3. The lowest BCUT2D eigenvalue weighted by Gasteiger charge is -2.03. The van der Waals surface area contributed by atoms with Gasteiger partial charge in [-0.2, -0.15) is 0 Å². The first kappa shape index (κ1) is 9.64. The molecule has 0 aliphatic rings. The second-order valence-corrected chi connectivity index (χ2v) is 5.57. The van der Waals surface area contributed by atoms with E-state index >= 15 is 0 Å². The van der Waals surface area contributed by atoms with E-state index in [1.54, 1.807) is 0 Å². The topological polar surface area (TPSA) is 0 Å². The Hall–Kier alpha value is 0.550. The molecule has 0 N–H and O–H groups in total. The highest BCUT2D eigenvalue weighted by Gasteiger charge is 1.99. The van der Waals surface area contributed by atoms with E-state index in [1.807, 2.05) is 0 Å². The van der Waals surface area contributed by atoms with Gasteiger partial charge in [-0.3, -0.25) is 0 Å². The quantitative estimate of drug-likeness (QED) is 0.663. The molecule has 1 aromatic rings. The minimum atomic E-state index is -0.000702. The van der Waals surface area contributed by atoms with Crippen LogP contribution < -0.4 is 0 Å². The van der Waals surface area contributed by atoms with Gasteiger partial charge in [0.2, 0.25) is 0 Å². The summed E-state index contributed by atoms with van der Waals surface area (Å²) in [5.41, 5.74) is 2.79. The lowest BCUT2D eigenvalue weighted by atomic mass is 10.2. The minimum Gasteiger partial charge on any atom is -0.0933 e. The molecule has 0 saturated carbocycles. The molecule has 60 valence electrons. The summed E-state index contributed by atoms with van der Waals surface area (Å²) < 4.78 is 6.86. The Balaban J connectivity index is 3.35. The van der Waals surface area contributed by atoms with Gasteiger partial charge in [-0.05, 0) is 59.7 Å². The third-order valence-electron chi connectivity index (χ3n) is 1.57. The maximum Gasteiger partial charge on any atom is 0.0172 e. The average molecular weight is 372 g/mol. The molecule has 0 aliphatic carbocycles. The lowest BCUT2D eigenvalue weighted by molar-refractivity contribution is 1.33. The van der Waals surface area contributed by atoms with Crippen molar-refractivity contribution in [2.24, 2.45) is 0 Å². The smallest absolute Gasteiger partial charge is 0.0172 e. The molecule has 0 nitrogen and oxygen atoms in total. The van der Waals surface area contributed by atoms with Crippen molar-refractivity contribution in [3.63, 3.8) is 0 Å². The summed E-state index contributed by atoms with van der Waals surface area (Å²) in [4.78, 5) is 0. The summed E-state index contributed by atoms with van der Waals surface area (Å²) in [5, 5.41) is 0. The fraction of sp³-hybridized carbons (Fsp3) is 0.222. The molecule has 11 heavy (non-hydrogen) atoms. The molecule has 0 atom stereocenters. The van der Waals surface area contributed by atoms with Gasteiger partial charge < -0.3 is 0 Å². The molecule has 0 unspecified atom stereocenters. The molecule has 0 bridgehead atoms. The lowest BCUT2D eigenvalue weighted by Crippen LogP contribution is -1.87. The third kappa shape index (κ3) is 2.24. The molecule has 0 aromatic heterocycles. The Bertz CT molecular complexity index is 290. The second kappa shape index (κ2) is 3.98. The molecular formula is C9H10I2. The highest BCUT2D eigenvalue weighted by Crippen LogP contribution is 2.21. The Morgan fingerprint density at radius 1 is 1.36 bits per heavy atom. The van der Waals surface area contributed by atoms with Crippen molar-refractivity contribution in [3.8, 4) is 0 Å². The molecule has 0 radical (unpaired) electrons. The highest BCUT2D eigenvalue weighted by molar-refractivity contribution is 14.2. The minimum absolute atomic E-state index is 0.000702. The molecule has 0 heterocycles. The molecule has 0 fully saturated rings. The highest BCUT2D eigenvalue weighted by atomic mass is 127. The van der Waals surface area contributed by atoms with E-state index in [0.29, 0.717) is 0 Å². The van der Waals surface area contributed by atoms with E-state index in [1.165, 1.54) is 18.3 Å². The molecule has 2 heteroatoms. The zero-order valence-electron chi connectivity index (χ0n) is 6.62. The Morgan fingerprint density at radius 2 is 2.00 bits per heavy atom. The molecule has 0 aliphatic heterocycles. The van der Waals surface area contributed by atoms with Crippen LogP contribution in [-0.4, -0.2) is 4.51 Å². The van der Waals surface area contributed by atoms with E-state index in [2.05, 4.69) is 53.1 Å². The first-order chi connectivity index (χ1) is 5.15. The average Bonchev–Trinajstić information content (AvgIpc) is 1.96. The number of aryl methyl sites for hydroxylation is 1. The summed E-state index contributed by atoms with van der Waals surface area (Å²) >= 11 is 2.39. The van der Waals surface area contributed by atoms with Gasteiger partial charge in [-0.1, -0.05) is 25.2 Å². The van der Waals surface area contributed by atoms with Crippen LogP contribution in [0.5, 0.6) is 0 Å². The summed E-state index contributed by atoms with van der Waals surface area (Å²) in [6.45, 7) is 4.33. The molecule has 1 aromatic carbocycles. The van der Waals surface area contributed by atoms with Gasteiger partial charge in [0.25, 0.3) is 0 Å². The largest absolute Gasteiger partial charge is 0.0933 e. The first-order valence-corrected chi connectivity index (χ1v) is 6.98. The van der Waals surface area contributed by atoms with Crippen LogP contribution in [-0.2, 0) is 0 Å². The Labute approximate surface area is 91.3 Å². The van der Waals surface area contributed by atoms with Crippen LogP contribution in [0.3, 0.4) is 0 Å². The predicted molar refractivity (Wildman–Crippen MR) is 68.5 cm³/mol. The van der Waals surface area contributed by atoms with Crippen molar-refractivity contribution in [1.29, 1.82) is 0 Å². The third-order valence-corrected chi connectivity index (χ3v) is 4.63. The van der Waals surface area contributed by atoms with E-state index in [9.17, 15) is 0 Å². The first-order valence-electron chi connectivity index (χ1n) is 3.30. The molecule has 0 saturated heterocycles. The van der Waals surface area contributed by atoms with Crippen molar-refractivity contribution in [1.82, 2.24) is 0 Å². The van der Waals surface area contributed by atoms with Crippen molar-refractivity contribution in [3.05, 3.63) is 30.4 Å². The Kier molecular flexibility index (Phi) is 3.49. The summed E-state index contributed by atoms with van der Waals surface area (Å²) in [6.07, 6.45) is 0. The van der Waals surface area contributed by atoms with E-state index < -0.39 is 0 Å². The van der Waals surface area contributed by atoms with Crippen LogP contribution in [0.4, 0.5) is 0 Å². The van der Waals surface area contributed by atoms with Crippen LogP contribution in [0.1, 0.15) is 11.1 Å². The Morgan fingerprint density at radius 3 is 2.55 bits per heavy atom. The van der Waals surface area contributed by atoms with Crippen LogP contribution in [0, 0.1) is 21.0 Å². The van der Waals surface area contributed by atoms with Crippen molar-refractivity contribution >= 4 is 47.8 Å². The fourth-order valence-corrected chi connectivity index (χ4v) is 3.78. The van der Waals surface area contributed by atoms with E-state index in [4.69, 9.17) is 0 Å². The number of hydrogen-bond donors (Lipinski definition) is 0. The SMILES string of the molecule is C=Ic1cc(C)cc(I)c1C. The van der Waals surface area contributed by atoms with Crippen LogP contribution >= 0.6 is 43.3 Å². The zero-order chi connectivity index (χ0) is 8.43. The van der Waals surface area contributed by atoms with Crippen LogP contribution in [0.15, 0.2) is 12.1 Å². The van der Waals surface area contributed by atoms with Gasteiger partial charge in [0.05, 0.1) is 0 Å². The molecule has 0 spiro atoms. The van der Waals surface area contributed by atoms with E-state index in [-0.39, 0.29) is 20.7 Å². The maximum absolute atomic E-state index is 4.01.